The van der Waals surface area contributed by atoms with Crippen LogP contribution in [-0.2, 0) is 21.3 Å². The van der Waals surface area contributed by atoms with Crippen LogP contribution in [-0.4, -0.2) is 47.3 Å². The number of ether oxygens (including phenoxy) is 1. The molecule has 5 nitrogen and oxygen atoms in total. The van der Waals surface area contributed by atoms with E-state index in [0.717, 1.165) is 30.9 Å². The van der Waals surface area contributed by atoms with Gasteiger partial charge in [-0.15, -0.1) is 24.0 Å². The lowest BCUT2D eigenvalue weighted by atomic mass is 9.96. The Hall–Kier alpha value is -0.670. The van der Waals surface area contributed by atoms with Crippen LogP contribution in [0.25, 0.3) is 0 Å². The Labute approximate surface area is 169 Å². The Balaban J connectivity index is 0.00000225. The van der Waals surface area contributed by atoms with E-state index in [1.807, 2.05) is 30.3 Å². The van der Waals surface area contributed by atoms with Crippen LogP contribution in [0.1, 0.15) is 31.7 Å². The number of nitrogens with one attached hydrogen (secondary N) is 2. The quantitative estimate of drug-likeness (QED) is 0.360. The smallest absolute Gasteiger partial charge is 0.191 e. The zero-order chi connectivity index (χ0) is 16.8. The van der Waals surface area contributed by atoms with E-state index in [-0.39, 0.29) is 24.0 Å². The van der Waals surface area contributed by atoms with Crippen molar-refractivity contribution in [2.45, 2.75) is 50.2 Å². The van der Waals surface area contributed by atoms with E-state index in [2.05, 4.69) is 22.5 Å². The molecule has 25 heavy (non-hydrogen) atoms. The van der Waals surface area contributed by atoms with Crippen LogP contribution in [0.5, 0.6) is 0 Å². The number of benzene rings is 1. The van der Waals surface area contributed by atoms with Crippen LogP contribution in [0.15, 0.2) is 35.3 Å². The minimum atomic E-state index is -0.884. The van der Waals surface area contributed by atoms with Gasteiger partial charge in [0, 0.05) is 28.9 Å². The minimum Gasteiger partial charge on any atom is -0.373 e. The summed E-state index contributed by atoms with van der Waals surface area (Å²) < 4.78 is 18.1. The molecular formula is C18H28IN3O2S. The lowest BCUT2D eigenvalue weighted by Crippen LogP contribution is -2.47. The van der Waals surface area contributed by atoms with Gasteiger partial charge in [-0.25, -0.2) is 0 Å². The first-order valence-corrected chi connectivity index (χ1v) is 10.3. The van der Waals surface area contributed by atoms with Crippen LogP contribution in [0, 0.1) is 0 Å². The summed E-state index contributed by atoms with van der Waals surface area (Å²) in [6.07, 6.45) is 4.15. The fourth-order valence-electron chi connectivity index (χ4n) is 3.38. The largest absolute Gasteiger partial charge is 0.373 e. The second-order valence-corrected chi connectivity index (χ2v) is 7.97. The van der Waals surface area contributed by atoms with Gasteiger partial charge < -0.3 is 15.4 Å². The Morgan fingerprint density at radius 3 is 2.76 bits per heavy atom. The SMILES string of the molecule is CCNC(=NCCS(=O)Cc1ccccc1)NC1CC2CCC1O2.I. The third-order valence-corrected chi connectivity index (χ3v) is 5.82. The molecule has 4 unspecified atom stereocenters. The average Bonchev–Trinajstić information content (AvgIpc) is 3.19. The molecule has 2 saturated heterocycles. The van der Waals surface area contributed by atoms with Crippen molar-refractivity contribution >= 4 is 40.7 Å². The monoisotopic (exact) mass is 477 g/mol. The van der Waals surface area contributed by atoms with Crippen molar-refractivity contribution in [1.82, 2.24) is 10.6 Å². The normalized spacial score (nSPS) is 26.1. The van der Waals surface area contributed by atoms with Crippen molar-refractivity contribution in [3.05, 3.63) is 35.9 Å². The molecule has 2 aliphatic rings. The first kappa shape index (κ1) is 20.6. The molecule has 140 valence electrons. The maximum absolute atomic E-state index is 12.2. The van der Waals surface area contributed by atoms with Gasteiger partial charge in [0.2, 0.25) is 0 Å². The van der Waals surface area contributed by atoms with Gasteiger partial charge in [0.15, 0.2) is 5.96 Å². The van der Waals surface area contributed by atoms with Crippen LogP contribution in [0.3, 0.4) is 0 Å². The van der Waals surface area contributed by atoms with E-state index >= 15 is 0 Å². The topological polar surface area (TPSA) is 62.7 Å². The van der Waals surface area contributed by atoms with Gasteiger partial charge >= 0.3 is 0 Å². The number of aliphatic imine (C=N–C) groups is 1. The third kappa shape index (κ3) is 6.21. The summed E-state index contributed by atoms with van der Waals surface area (Å²) in [4.78, 5) is 4.59. The van der Waals surface area contributed by atoms with Gasteiger partial charge in [0.1, 0.15) is 0 Å². The molecule has 1 aromatic rings. The highest BCUT2D eigenvalue weighted by Gasteiger charge is 2.41. The van der Waals surface area contributed by atoms with E-state index in [1.165, 1.54) is 6.42 Å². The Morgan fingerprint density at radius 1 is 1.32 bits per heavy atom. The van der Waals surface area contributed by atoms with E-state index in [0.29, 0.717) is 36.3 Å². The zero-order valence-corrected chi connectivity index (χ0v) is 17.8. The summed E-state index contributed by atoms with van der Waals surface area (Å²) in [5.74, 6) is 1.99. The highest BCUT2D eigenvalue weighted by molar-refractivity contribution is 14.0. The molecule has 4 atom stereocenters. The molecular weight excluding hydrogens is 449 g/mol. The van der Waals surface area contributed by atoms with Gasteiger partial charge in [0.25, 0.3) is 0 Å². The molecule has 0 saturated carbocycles. The number of hydrogen-bond donors (Lipinski definition) is 2. The molecule has 2 bridgehead atoms. The standard InChI is InChI=1S/C18H27N3O2S.HI/c1-2-19-18(21-16-12-15-8-9-17(16)23-15)20-10-11-24(22)13-14-6-4-3-5-7-14;/h3-7,15-17H,2,8-13H2,1H3,(H2,19,20,21);1H. The van der Waals surface area contributed by atoms with Crippen molar-refractivity contribution in [1.29, 1.82) is 0 Å². The van der Waals surface area contributed by atoms with E-state index < -0.39 is 10.8 Å². The maximum Gasteiger partial charge on any atom is 0.191 e. The summed E-state index contributed by atoms with van der Waals surface area (Å²) in [7, 11) is -0.884. The molecule has 0 aromatic heterocycles. The third-order valence-electron chi connectivity index (χ3n) is 4.53. The fourth-order valence-corrected chi connectivity index (χ4v) is 4.38. The van der Waals surface area contributed by atoms with Gasteiger partial charge in [0.05, 0.1) is 24.8 Å². The number of guanidine groups is 1. The summed E-state index contributed by atoms with van der Waals surface area (Å²) >= 11 is 0. The van der Waals surface area contributed by atoms with E-state index in [9.17, 15) is 4.21 Å². The average molecular weight is 477 g/mol. The lowest BCUT2D eigenvalue weighted by molar-refractivity contribution is 0.0992. The molecule has 2 aliphatic heterocycles. The number of fused-ring (bicyclic) bond motifs is 2. The summed E-state index contributed by atoms with van der Waals surface area (Å²) in [6, 6.07) is 10.3. The zero-order valence-electron chi connectivity index (χ0n) is 14.6. The maximum atomic E-state index is 12.2. The lowest BCUT2D eigenvalue weighted by Gasteiger charge is -2.22. The summed E-state index contributed by atoms with van der Waals surface area (Å²) in [5, 5.41) is 6.76. The van der Waals surface area contributed by atoms with Gasteiger partial charge in [-0.3, -0.25) is 9.20 Å². The molecule has 0 spiro atoms. The van der Waals surface area contributed by atoms with Crippen LogP contribution in [0.4, 0.5) is 0 Å². The van der Waals surface area contributed by atoms with Gasteiger partial charge in [-0.2, -0.15) is 0 Å². The summed E-state index contributed by atoms with van der Waals surface area (Å²) in [5.41, 5.74) is 1.11. The van der Waals surface area contributed by atoms with Crippen molar-refractivity contribution < 1.29 is 8.95 Å². The minimum absolute atomic E-state index is 0. The number of halogens is 1. The van der Waals surface area contributed by atoms with Crippen molar-refractivity contribution in [2.75, 3.05) is 18.8 Å². The van der Waals surface area contributed by atoms with E-state index in [1.54, 1.807) is 0 Å². The highest BCUT2D eigenvalue weighted by atomic mass is 127. The second kappa shape index (κ2) is 10.5. The molecule has 0 aliphatic carbocycles. The van der Waals surface area contributed by atoms with Gasteiger partial charge in [-0.1, -0.05) is 30.3 Å². The number of hydrogen-bond acceptors (Lipinski definition) is 3. The first-order chi connectivity index (χ1) is 11.7. The molecule has 7 heteroatoms. The molecule has 2 N–H and O–H groups in total. The Kier molecular flexibility index (Phi) is 8.65. The Bertz CT molecular complexity index is 585. The van der Waals surface area contributed by atoms with Crippen molar-refractivity contribution in [3.8, 4) is 0 Å². The Morgan fingerprint density at radius 2 is 2.12 bits per heavy atom. The number of rotatable bonds is 7. The van der Waals surface area contributed by atoms with Crippen LogP contribution < -0.4 is 10.6 Å². The fraction of sp³-hybridized carbons (Fsp3) is 0.611. The summed E-state index contributed by atoms with van der Waals surface area (Å²) in [6.45, 7) is 3.44. The first-order valence-electron chi connectivity index (χ1n) is 8.84. The molecule has 2 heterocycles. The second-order valence-electron chi connectivity index (χ2n) is 6.39. The molecule has 0 radical (unpaired) electrons. The predicted molar refractivity (Wildman–Crippen MR) is 114 cm³/mol. The van der Waals surface area contributed by atoms with Gasteiger partial charge in [-0.05, 0) is 31.7 Å². The molecule has 0 amide bonds. The van der Waals surface area contributed by atoms with E-state index in [4.69, 9.17) is 4.74 Å². The molecule has 2 fully saturated rings. The predicted octanol–water partition coefficient (Wildman–Crippen LogP) is 2.43. The van der Waals surface area contributed by atoms with Crippen LogP contribution >= 0.6 is 24.0 Å². The van der Waals surface area contributed by atoms with Crippen LogP contribution in [0.2, 0.25) is 0 Å². The van der Waals surface area contributed by atoms with Crippen molar-refractivity contribution in [3.63, 3.8) is 0 Å². The molecule has 1 aromatic carbocycles. The van der Waals surface area contributed by atoms with Crippen molar-refractivity contribution in [2.24, 2.45) is 4.99 Å². The number of nitrogens with zero attached hydrogens (tertiary/aromatic N) is 1. The molecule has 3 rings (SSSR count). The highest BCUT2D eigenvalue weighted by Crippen LogP contribution is 2.34.